The lowest BCUT2D eigenvalue weighted by atomic mass is 9.95. The van der Waals surface area contributed by atoms with Crippen molar-refractivity contribution < 1.29 is 31.6 Å². The van der Waals surface area contributed by atoms with Gasteiger partial charge in [-0.15, -0.1) is 0 Å². The first-order valence-electron chi connectivity index (χ1n) is 10.7. The van der Waals surface area contributed by atoms with Gasteiger partial charge in [-0.1, -0.05) is 41.5 Å². The zero-order valence-electron chi connectivity index (χ0n) is 21.1. The molecule has 1 aromatic rings. The monoisotopic (exact) mass is 496 g/mol. The van der Waals surface area contributed by atoms with E-state index in [0.717, 1.165) is 0 Å². The second-order valence-corrected chi connectivity index (χ2v) is 20.6. The Kier molecular flexibility index (Phi) is 7.78. The minimum atomic E-state index is -5.14. The number of hydrogen-bond acceptors (Lipinski definition) is 5. The zero-order chi connectivity index (χ0) is 25.6. The maximum Gasteiger partial charge on any atom is 0.423 e. The highest BCUT2D eigenvalue weighted by atomic mass is 28.4. The molecule has 0 saturated heterocycles. The maximum atomic E-state index is 14.2. The van der Waals surface area contributed by atoms with Crippen LogP contribution in [0.2, 0.25) is 36.3 Å². The molecule has 0 aliphatic carbocycles. The molecule has 11 heteroatoms. The second-order valence-electron chi connectivity index (χ2n) is 11.1. The minimum absolute atomic E-state index is 0.0867. The first kappa shape index (κ1) is 28.6. The summed E-state index contributed by atoms with van der Waals surface area (Å²) < 4.78 is 59.8. The highest BCUT2D eigenvalue weighted by Crippen LogP contribution is 2.47. The van der Waals surface area contributed by atoms with Gasteiger partial charge in [-0.05, 0) is 43.2 Å². The number of aromatic amines is 1. The van der Waals surface area contributed by atoms with Gasteiger partial charge in [-0.25, -0.2) is 4.79 Å². The van der Waals surface area contributed by atoms with Crippen molar-refractivity contribution in [2.45, 2.75) is 96.4 Å². The van der Waals surface area contributed by atoms with E-state index >= 15 is 0 Å². The molecule has 0 radical (unpaired) electrons. The fourth-order valence-electron chi connectivity index (χ4n) is 2.30. The Morgan fingerprint density at radius 2 is 1.41 bits per heavy atom. The summed E-state index contributed by atoms with van der Waals surface area (Å²) in [5, 5.41) is -0.509. The van der Waals surface area contributed by atoms with Crippen molar-refractivity contribution in [1.29, 1.82) is 0 Å². The van der Waals surface area contributed by atoms with Gasteiger partial charge in [-0.2, -0.15) is 13.2 Å². The van der Waals surface area contributed by atoms with E-state index in [2.05, 4.69) is 4.98 Å². The van der Waals surface area contributed by atoms with Crippen molar-refractivity contribution in [3.05, 3.63) is 11.8 Å². The van der Waals surface area contributed by atoms with Crippen molar-refractivity contribution in [3.8, 4) is 11.6 Å². The van der Waals surface area contributed by atoms with Crippen LogP contribution in [-0.4, -0.2) is 40.4 Å². The summed E-state index contributed by atoms with van der Waals surface area (Å²) in [4.78, 5) is 15.2. The van der Waals surface area contributed by atoms with Crippen LogP contribution < -0.4 is 14.6 Å². The molecule has 0 aromatic carbocycles. The molecule has 32 heavy (non-hydrogen) atoms. The van der Waals surface area contributed by atoms with E-state index in [4.69, 9.17) is 19.3 Å². The van der Waals surface area contributed by atoms with Crippen molar-refractivity contribution >= 4 is 22.6 Å². The summed E-state index contributed by atoms with van der Waals surface area (Å²) in [6, 6.07) is 1.38. The smallest absolute Gasteiger partial charge is 0.423 e. The Morgan fingerprint density at radius 1 is 0.969 bits per heavy atom. The minimum Gasteiger partial charge on any atom is -0.542 e. The SMILES string of the molecule is CCOC(=O)[C@](N)(c1[nH]c(O[Si](C)(C)C(C)(C)C)cc1O[Si](C)(C)C(C)(C)C)C(F)(F)F. The molecule has 6 nitrogen and oxygen atoms in total. The molecule has 1 heterocycles. The standard InChI is InChI=1S/C21H39F3N2O4Si2/c1-12-28-17(27)20(25,21(22,23)24)16-14(29-31(8,9)18(2,3)4)13-15(26-16)30-32(10,11)19(5,6)7/h13,26H,12,25H2,1-11H3/t20-/m1/s1. The molecule has 1 aromatic heterocycles. The lowest BCUT2D eigenvalue weighted by Gasteiger charge is -2.37. The van der Waals surface area contributed by atoms with Crippen LogP contribution in [0.1, 0.15) is 54.2 Å². The number of nitrogens with one attached hydrogen (secondary N) is 1. The number of carbonyl (C=O) groups is 1. The summed E-state index contributed by atoms with van der Waals surface area (Å²) in [5.74, 6) is -1.66. The van der Waals surface area contributed by atoms with E-state index in [-0.39, 0.29) is 28.3 Å². The van der Waals surface area contributed by atoms with E-state index in [1.807, 2.05) is 67.7 Å². The normalized spacial score (nSPS) is 15.8. The van der Waals surface area contributed by atoms with Crippen LogP contribution in [-0.2, 0) is 15.1 Å². The van der Waals surface area contributed by atoms with Crippen molar-refractivity contribution in [2.75, 3.05) is 6.61 Å². The van der Waals surface area contributed by atoms with E-state index < -0.39 is 40.0 Å². The molecular formula is C21H39F3N2O4Si2. The predicted octanol–water partition coefficient (Wildman–Crippen LogP) is 6.06. The van der Waals surface area contributed by atoms with Gasteiger partial charge in [0.2, 0.25) is 0 Å². The van der Waals surface area contributed by atoms with Crippen molar-refractivity contribution in [1.82, 2.24) is 4.98 Å². The topological polar surface area (TPSA) is 86.6 Å². The summed E-state index contributed by atoms with van der Waals surface area (Å²) in [7, 11) is -5.00. The number of nitrogens with two attached hydrogens (primary N) is 1. The van der Waals surface area contributed by atoms with Crippen molar-refractivity contribution in [2.24, 2.45) is 5.73 Å². The number of hydrogen-bond donors (Lipinski definition) is 2. The number of rotatable bonds is 7. The molecule has 0 spiro atoms. The fraction of sp³-hybridized carbons (Fsp3) is 0.762. The Bertz CT molecular complexity index is 824. The molecule has 1 rings (SSSR count). The average Bonchev–Trinajstić information content (AvgIpc) is 2.92. The van der Waals surface area contributed by atoms with Gasteiger partial charge in [-0.3, -0.25) is 0 Å². The first-order valence-corrected chi connectivity index (χ1v) is 16.5. The molecule has 1 atom stereocenters. The van der Waals surface area contributed by atoms with Crippen LogP contribution in [0.25, 0.3) is 0 Å². The molecule has 186 valence electrons. The Labute approximate surface area is 191 Å². The van der Waals surface area contributed by atoms with Crippen LogP contribution >= 0.6 is 0 Å². The molecule has 0 bridgehead atoms. The van der Waals surface area contributed by atoms with Gasteiger partial charge in [0.1, 0.15) is 11.4 Å². The van der Waals surface area contributed by atoms with Crippen LogP contribution in [0.15, 0.2) is 6.07 Å². The van der Waals surface area contributed by atoms with Crippen LogP contribution in [0.3, 0.4) is 0 Å². The van der Waals surface area contributed by atoms with Gasteiger partial charge >= 0.3 is 12.1 Å². The number of H-pyrrole nitrogens is 1. The molecule has 0 saturated carbocycles. The summed E-state index contributed by atoms with van der Waals surface area (Å²) in [6.45, 7) is 20.8. The van der Waals surface area contributed by atoms with Crippen LogP contribution in [0.5, 0.6) is 11.6 Å². The number of alkyl halides is 3. The number of esters is 1. The van der Waals surface area contributed by atoms with Gasteiger partial charge < -0.3 is 24.3 Å². The van der Waals surface area contributed by atoms with E-state index in [1.54, 1.807) is 0 Å². The molecular weight excluding hydrogens is 457 g/mol. The summed E-state index contributed by atoms with van der Waals surface area (Å²) >= 11 is 0. The molecule has 0 amide bonds. The van der Waals surface area contributed by atoms with Crippen LogP contribution in [0, 0.1) is 0 Å². The quantitative estimate of drug-likeness (QED) is 0.354. The number of halogens is 3. The van der Waals surface area contributed by atoms with Crippen LogP contribution in [0.4, 0.5) is 13.2 Å². The lowest BCUT2D eigenvalue weighted by molar-refractivity contribution is -0.209. The predicted molar refractivity (Wildman–Crippen MR) is 125 cm³/mol. The first-order chi connectivity index (χ1) is 14.0. The average molecular weight is 497 g/mol. The molecule has 0 fully saturated rings. The number of carbonyl (C=O) groups excluding carboxylic acids is 1. The molecule has 0 unspecified atom stereocenters. The third kappa shape index (κ3) is 5.53. The van der Waals surface area contributed by atoms with Crippen molar-refractivity contribution in [3.63, 3.8) is 0 Å². The van der Waals surface area contributed by atoms with Gasteiger partial charge in [0.25, 0.3) is 22.2 Å². The molecule has 0 aliphatic heterocycles. The number of ether oxygens (including phenoxy) is 1. The van der Waals surface area contributed by atoms with E-state index in [0.29, 0.717) is 0 Å². The third-order valence-corrected chi connectivity index (χ3v) is 15.2. The van der Waals surface area contributed by atoms with Gasteiger partial charge in [0, 0.05) is 6.07 Å². The summed E-state index contributed by atoms with van der Waals surface area (Å²) in [6.07, 6.45) is -5.14. The molecule has 3 N–H and O–H groups in total. The highest BCUT2D eigenvalue weighted by Gasteiger charge is 2.63. The Morgan fingerprint density at radius 3 is 1.78 bits per heavy atom. The Hall–Kier alpha value is -1.47. The van der Waals surface area contributed by atoms with E-state index in [9.17, 15) is 18.0 Å². The highest BCUT2D eigenvalue weighted by molar-refractivity contribution is 6.75. The molecule has 0 aliphatic rings. The maximum absolute atomic E-state index is 14.2. The second kappa shape index (κ2) is 8.71. The summed E-state index contributed by atoms with van der Waals surface area (Å²) in [5.41, 5.74) is 1.73. The third-order valence-electron chi connectivity index (χ3n) is 6.54. The lowest BCUT2D eigenvalue weighted by Crippen LogP contribution is -2.58. The zero-order valence-corrected chi connectivity index (χ0v) is 23.1. The van der Waals surface area contributed by atoms with Gasteiger partial charge in [0.15, 0.2) is 5.88 Å². The number of aromatic nitrogens is 1. The van der Waals surface area contributed by atoms with Gasteiger partial charge in [0.05, 0.1) is 6.61 Å². The largest absolute Gasteiger partial charge is 0.542 e. The fourth-order valence-corrected chi connectivity index (χ4v) is 4.28. The Balaban J connectivity index is 3.77. The van der Waals surface area contributed by atoms with E-state index in [1.165, 1.54) is 13.0 Å².